The van der Waals surface area contributed by atoms with Crippen molar-refractivity contribution in [3.63, 3.8) is 0 Å². The van der Waals surface area contributed by atoms with Crippen LogP contribution in [0.15, 0.2) is 0 Å². The fraction of sp³-hybridized carbons (Fsp3) is 0.818. The van der Waals surface area contributed by atoms with Crippen molar-refractivity contribution in [1.29, 1.82) is 0 Å². The first-order chi connectivity index (χ1) is 9.04. The van der Waals surface area contributed by atoms with Crippen molar-refractivity contribution >= 4 is 11.8 Å². The Kier molecular flexibility index (Phi) is 4.18. The molecule has 1 heterocycles. The van der Waals surface area contributed by atoms with E-state index in [1.54, 1.807) is 0 Å². The molecule has 106 valence electrons. The third-order valence-electron chi connectivity index (χ3n) is 3.57. The topological polar surface area (TPSA) is 111 Å². The van der Waals surface area contributed by atoms with E-state index in [0.717, 1.165) is 0 Å². The molecule has 1 atom stereocenters. The van der Waals surface area contributed by atoms with Gasteiger partial charge in [-0.2, -0.15) is 0 Å². The predicted molar refractivity (Wildman–Crippen MR) is 63.4 cm³/mol. The molecule has 0 aromatic carbocycles. The third-order valence-corrected chi connectivity index (χ3v) is 3.57. The van der Waals surface area contributed by atoms with Gasteiger partial charge in [0.2, 0.25) is 11.8 Å². The lowest BCUT2D eigenvalue weighted by molar-refractivity contribution is -0.769. The largest absolute Gasteiger partial charge is 0.352 e. The molecule has 1 saturated heterocycles. The summed E-state index contributed by atoms with van der Waals surface area (Å²) < 4.78 is 0. The highest BCUT2D eigenvalue weighted by Crippen LogP contribution is 2.21. The summed E-state index contributed by atoms with van der Waals surface area (Å²) in [5.41, 5.74) is 0. The van der Waals surface area contributed by atoms with E-state index in [4.69, 9.17) is 0 Å². The molecule has 2 fully saturated rings. The van der Waals surface area contributed by atoms with E-state index < -0.39 is 11.1 Å². The summed E-state index contributed by atoms with van der Waals surface area (Å²) in [6.45, 7) is 0. The van der Waals surface area contributed by atoms with Crippen molar-refractivity contribution in [2.45, 2.75) is 56.7 Å². The van der Waals surface area contributed by atoms with Crippen molar-refractivity contribution < 1.29 is 19.5 Å². The molecule has 1 saturated carbocycles. The first kappa shape index (κ1) is 13.6. The molecule has 0 unspecified atom stereocenters. The molecule has 0 radical (unpaired) electrons. The zero-order valence-corrected chi connectivity index (χ0v) is 10.5. The molecule has 2 rings (SSSR count). The first-order valence-electron chi connectivity index (χ1n) is 6.45. The van der Waals surface area contributed by atoms with Crippen LogP contribution in [0.1, 0.15) is 38.5 Å². The Labute approximate surface area is 110 Å². The second-order valence-corrected chi connectivity index (χ2v) is 4.97. The second kappa shape index (κ2) is 5.85. The Morgan fingerprint density at radius 3 is 2.53 bits per heavy atom. The van der Waals surface area contributed by atoms with Gasteiger partial charge in [-0.25, -0.2) is 0 Å². The quantitative estimate of drug-likeness (QED) is 0.548. The molecular formula is C11H17N3O5. The van der Waals surface area contributed by atoms with E-state index in [1.807, 2.05) is 0 Å². The molecule has 8 nitrogen and oxygen atoms in total. The number of carbonyl (C=O) groups is 2. The maximum atomic E-state index is 11.9. The normalized spacial score (nSPS) is 30.5. The number of carbonyl (C=O) groups excluding carboxylic acids is 2. The van der Waals surface area contributed by atoms with E-state index in [0.29, 0.717) is 38.5 Å². The van der Waals surface area contributed by atoms with Crippen molar-refractivity contribution in [3.8, 4) is 0 Å². The van der Waals surface area contributed by atoms with Gasteiger partial charge >= 0.3 is 0 Å². The fourth-order valence-corrected chi connectivity index (χ4v) is 2.55. The summed E-state index contributed by atoms with van der Waals surface area (Å²) in [7, 11) is 0. The van der Waals surface area contributed by atoms with Crippen LogP contribution in [0.5, 0.6) is 0 Å². The lowest BCUT2D eigenvalue weighted by atomic mass is 9.93. The van der Waals surface area contributed by atoms with E-state index in [2.05, 4.69) is 15.5 Å². The summed E-state index contributed by atoms with van der Waals surface area (Å²) in [4.78, 5) is 37.6. The maximum Gasteiger partial charge on any atom is 0.294 e. The van der Waals surface area contributed by atoms with Crippen LogP contribution >= 0.6 is 0 Å². The van der Waals surface area contributed by atoms with Crippen LogP contribution < -0.4 is 10.6 Å². The fourth-order valence-electron chi connectivity index (χ4n) is 2.55. The van der Waals surface area contributed by atoms with Gasteiger partial charge in [0, 0.05) is 12.5 Å². The Morgan fingerprint density at radius 1 is 1.32 bits per heavy atom. The van der Waals surface area contributed by atoms with Crippen molar-refractivity contribution in [1.82, 2.24) is 10.6 Å². The monoisotopic (exact) mass is 271 g/mol. The Morgan fingerprint density at radius 2 is 2.00 bits per heavy atom. The molecule has 8 heteroatoms. The minimum Gasteiger partial charge on any atom is -0.352 e. The van der Waals surface area contributed by atoms with Crippen molar-refractivity contribution in [2.75, 3.05) is 0 Å². The molecule has 19 heavy (non-hydrogen) atoms. The Balaban J connectivity index is 1.72. The van der Waals surface area contributed by atoms with Gasteiger partial charge in [-0.1, -0.05) is 0 Å². The minimum atomic E-state index is -0.766. The molecule has 2 N–H and O–H groups in total. The summed E-state index contributed by atoms with van der Waals surface area (Å²) in [5, 5.41) is 14.9. The van der Waals surface area contributed by atoms with Crippen LogP contribution in [0.4, 0.5) is 0 Å². The summed E-state index contributed by atoms with van der Waals surface area (Å²) in [5.74, 6) is -0.257. The van der Waals surface area contributed by atoms with E-state index in [1.165, 1.54) is 0 Å². The summed E-state index contributed by atoms with van der Waals surface area (Å²) >= 11 is 0. The zero-order chi connectivity index (χ0) is 13.8. The standard InChI is InChI=1S/C11H17N3O5/c15-10-6-5-9(13-10)11(16)12-7-1-3-8(4-2-7)19-14(17)18/h7-9H,1-6H2,(H,12,16)(H,13,15)/t7?,8?,9-/m0/s1. The van der Waals surface area contributed by atoms with E-state index in [9.17, 15) is 19.7 Å². The molecular weight excluding hydrogens is 254 g/mol. The highest BCUT2D eigenvalue weighted by molar-refractivity contribution is 5.90. The van der Waals surface area contributed by atoms with Gasteiger partial charge in [0.15, 0.2) is 0 Å². The summed E-state index contributed by atoms with van der Waals surface area (Å²) in [6.07, 6.45) is 2.99. The van der Waals surface area contributed by atoms with Crippen LogP contribution in [0.3, 0.4) is 0 Å². The number of hydrogen-bond donors (Lipinski definition) is 2. The smallest absolute Gasteiger partial charge is 0.294 e. The molecule has 0 aromatic heterocycles. The first-order valence-corrected chi connectivity index (χ1v) is 6.45. The second-order valence-electron chi connectivity index (χ2n) is 4.97. The number of amides is 2. The van der Waals surface area contributed by atoms with E-state index in [-0.39, 0.29) is 24.0 Å². The van der Waals surface area contributed by atoms with Gasteiger partial charge in [0.1, 0.15) is 12.1 Å². The Bertz CT molecular complexity index is 379. The molecule has 1 aliphatic heterocycles. The highest BCUT2D eigenvalue weighted by atomic mass is 17.0. The van der Waals surface area contributed by atoms with Gasteiger partial charge < -0.3 is 15.5 Å². The van der Waals surface area contributed by atoms with Crippen LogP contribution in [0.2, 0.25) is 0 Å². The summed E-state index contributed by atoms with van der Waals surface area (Å²) in [6, 6.07) is -0.420. The van der Waals surface area contributed by atoms with Crippen LogP contribution in [0.25, 0.3) is 0 Å². The number of nitrogens with zero attached hydrogens (tertiary/aromatic N) is 1. The minimum absolute atomic E-state index is 0.0107. The lowest BCUT2D eigenvalue weighted by Crippen LogP contribution is -2.47. The molecule has 2 aliphatic rings. The number of rotatable bonds is 4. The maximum absolute atomic E-state index is 11.9. The van der Waals surface area contributed by atoms with Crippen LogP contribution in [-0.4, -0.2) is 35.1 Å². The molecule has 1 aliphatic carbocycles. The van der Waals surface area contributed by atoms with E-state index >= 15 is 0 Å². The predicted octanol–water partition coefficient (Wildman–Crippen LogP) is -0.0993. The third kappa shape index (κ3) is 3.80. The number of hydrogen-bond acceptors (Lipinski definition) is 5. The zero-order valence-electron chi connectivity index (χ0n) is 10.5. The van der Waals surface area contributed by atoms with Gasteiger partial charge in [-0.15, -0.1) is 10.1 Å². The van der Waals surface area contributed by atoms with Gasteiger partial charge in [0.25, 0.3) is 5.09 Å². The highest BCUT2D eigenvalue weighted by Gasteiger charge is 2.30. The number of nitrogens with one attached hydrogen (secondary N) is 2. The Hall–Kier alpha value is -1.86. The molecule has 0 bridgehead atoms. The van der Waals surface area contributed by atoms with Crippen LogP contribution in [0, 0.1) is 10.1 Å². The molecule has 0 spiro atoms. The molecule has 0 aromatic rings. The SMILES string of the molecule is O=C1CC[C@@H](C(=O)NC2CCC(O[N+](=O)[O-])CC2)N1. The van der Waals surface area contributed by atoms with Crippen LogP contribution in [-0.2, 0) is 14.4 Å². The van der Waals surface area contributed by atoms with Gasteiger partial charge in [0.05, 0.1) is 0 Å². The lowest BCUT2D eigenvalue weighted by Gasteiger charge is -2.28. The average molecular weight is 271 g/mol. The van der Waals surface area contributed by atoms with Gasteiger partial charge in [-0.3, -0.25) is 9.59 Å². The van der Waals surface area contributed by atoms with Crippen molar-refractivity contribution in [3.05, 3.63) is 10.1 Å². The van der Waals surface area contributed by atoms with Crippen molar-refractivity contribution in [2.24, 2.45) is 0 Å². The van der Waals surface area contributed by atoms with Gasteiger partial charge in [-0.05, 0) is 32.1 Å². The average Bonchev–Trinajstić information content (AvgIpc) is 2.78. The molecule has 2 amide bonds.